The molecule has 3 aromatic carbocycles. The molecular formula is C24H21ClO. The van der Waals surface area contributed by atoms with Gasteiger partial charge in [-0.3, -0.25) is 0 Å². The standard InChI is InChI=1S/C24H21ClO/c1-5-15-6-11-19-21(14-15)26-20-13-12-18(23(25)22(19)20)16-7-9-17(10-8-16)24(2,3)4/h5-14H,1H2,2-4H3. The molecule has 0 saturated carbocycles. The van der Waals surface area contributed by atoms with Gasteiger partial charge in [-0.15, -0.1) is 0 Å². The summed E-state index contributed by atoms with van der Waals surface area (Å²) in [6.45, 7) is 10.5. The Bertz CT molecular complexity index is 1130. The van der Waals surface area contributed by atoms with Crippen molar-refractivity contribution >= 4 is 39.6 Å². The molecule has 0 aliphatic heterocycles. The van der Waals surface area contributed by atoms with Gasteiger partial charge in [0.1, 0.15) is 11.2 Å². The Labute approximate surface area is 158 Å². The van der Waals surface area contributed by atoms with Gasteiger partial charge in [-0.1, -0.05) is 75.4 Å². The third-order valence-corrected chi connectivity index (χ3v) is 5.29. The summed E-state index contributed by atoms with van der Waals surface area (Å²) in [7, 11) is 0. The van der Waals surface area contributed by atoms with Gasteiger partial charge >= 0.3 is 0 Å². The fraction of sp³-hybridized carbons (Fsp3) is 0.167. The molecule has 0 atom stereocenters. The van der Waals surface area contributed by atoms with Gasteiger partial charge in [0.25, 0.3) is 0 Å². The fourth-order valence-electron chi connectivity index (χ4n) is 3.34. The smallest absolute Gasteiger partial charge is 0.136 e. The molecule has 0 amide bonds. The largest absolute Gasteiger partial charge is 0.456 e. The molecule has 0 spiro atoms. The minimum atomic E-state index is 0.135. The normalized spacial score (nSPS) is 12.0. The van der Waals surface area contributed by atoms with Gasteiger partial charge < -0.3 is 4.42 Å². The van der Waals surface area contributed by atoms with Crippen molar-refractivity contribution in [1.82, 2.24) is 0 Å². The van der Waals surface area contributed by atoms with Gasteiger partial charge in [-0.2, -0.15) is 0 Å². The highest BCUT2D eigenvalue weighted by molar-refractivity contribution is 6.40. The molecule has 2 heteroatoms. The second-order valence-electron chi connectivity index (χ2n) is 7.69. The van der Waals surface area contributed by atoms with E-state index in [0.717, 1.165) is 43.7 Å². The highest BCUT2D eigenvalue weighted by Gasteiger charge is 2.16. The third-order valence-electron chi connectivity index (χ3n) is 4.90. The summed E-state index contributed by atoms with van der Waals surface area (Å²) in [6.07, 6.45) is 1.82. The van der Waals surface area contributed by atoms with E-state index in [9.17, 15) is 0 Å². The molecule has 0 radical (unpaired) electrons. The minimum Gasteiger partial charge on any atom is -0.456 e. The van der Waals surface area contributed by atoms with E-state index in [1.807, 2.05) is 30.3 Å². The van der Waals surface area contributed by atoms with Gasteiger partial charge in [-0.25, -0.2) is 0 Å². The topological polar surface area (TPSA) is 13.1 Å². The first kappa shape index (κ1) is 16.9. The van der Waals surface area contributed by atoms with Crippen molar-refractivity contribution in [3.05, 3.63) is 77.3 Å². The van der Waals surface area contributed by atoms with Crippen LogP contribution in [0.1, 0.15) is 31.9 Å². The molecule has 26 heavy (non-hydrogen) atoms. The predicted molar refractivity (Wildman–Crippen MR) is 113 cm³/mol. The number of rotatable bonds is 2. The van der Waals surface area contributed by atoms with Crippen LogP contribution < -0.4 is 0 Å². The lowest BCUT2D eigenvalue weighted by atomic mass is 9.86. The van der Waals surface area contributed by atoms with Gasteiger partial charge in [0, 0.05) is 16.3 Å². The summed E-state index contributed by atoms with van der Waals surface area (Å²) in [4.78, 5) is 0. The highest BCUT2D eigenvalue weighted by Crippen LogP contribution is 2.40. The molecule has 130 valence electrons. The Balaban J connectivity index is 1.90. The van der Waals surface area contributed by atoms with Crippen LogP contribution in [0, 0.1) is 0 Å². The molecule has 0 aliphatic carbocycles. The van der Waals surface area contributed by atoms with E-state index in [2.05, 4.69) is 57.7 Å². The van der Waals surface area contributed by atoms with Crippen molar-refractivity contribution in [2.24, 2.45) is 0 Å². The Morgan fingerprint density at radius 1 is 0.923 bits per heavy atom. The molecule has 1 nitrogen and oxygen atoms in total. The molecule has 0 N–H and O–H groups in total. The average Bonchev–Trinajstić information content (AvgIpc) is 2.99. The molecule has 4 aromatic rings. The maximum absolute atomic E-state index is 6.82. The lowest BCUT2D eigenvalue weighted by molar-refractivity contribution is 0.590. The van der Waals surface area contributed by atoms with Crippen molar-refractivity contribution < 1.29 is 4.42 Å². The molecular weight excluding hydrogens is 340 g/mol. The molecule has 0 fully saturated rings. The van der Waals surface area contributed by atoms with Gasteiger partial charge in [0.2, 0.25) is 0 Å². The third kappa shape index (κ3) is 2.73. The maximum Gasteiger partial charge on any atom is 0.136 e. The van der Waals surface area contributed by atoms with Crippen molar-refractivity contribution in [3.8, 4) is 11.1 Å². The number of hydrogen-bond acceptors (Lipinski definition) is 1. The van der Waals surface area contributed by atoms with Crippen molar-refractivity contribution in [2.45, 2.75) is 26.2 Å². The number of hydrogen-bond donors (Lipinski definition) is 0. The van der Waals surface area contributed by atoms with E-state index >= 15 is 0 Å². The van der Waals surface area contributed by atoms with Crippen molar-refractivity contribution in [2.75, 3.05) is 0 Å². The van der Waals surface area contributed by atoms with Crippen LogP contribution in [-0.2, 0) is 5.41 Å². The predicted octanol–water partition coefficient (Wildman–Crippen LogP) is 7.85. The molecule has 0 unspecified atom stereocenters. The summed E-state index contributed by atoms with van der Waals surface area (Å²) >= 11 is 6.82. The molecule has 1 aromatic heterocycles. The number of furan rings is 1. The quantitative estimate of drug-likeness (QED) is 0.354. The van der Waals surface area contributed by atoms with Gasteiger partial charge in [0.05, 0.1) is 5.02 Å². The average molecular weight is 361 g/mol. The second-order valence-corrected chi connectivity index (χ2v) is 8.07. The molecule has 0 aliphatic rings. The van der Waals surface area contributed by atoms with Crippen LogP contribution in [0.5, 0.6) is 0 Å². The van der Waals surface area contributed by atoms with E-state index in [1.165, 1.54) is 5.56 Å². The van der Waals surface area contributed by atoms with Gasteiger partial charge in [0.15, 0.2) is 0 Å². The number of benzene rings is 3. The van der Waals surface area contributed by atoms with Crippen molar-refractivity contribution in [3.63, 3.8) is 0 Å². The molecule has 1 heterocycles. The Kier molecular flexibility index (Phi) is 3.93. The first-order valence-electron chi connectivity index (χ1n) is 8.76. The zero-order valence-electron chi connectivity index (χ0n) is 15.3. The SMILES string of the molecule is C=Cc1ccc2c(c1)oc1ccc(-c3ccc(C(C)(C)C)cc3)c(Cl)c12. The fourth-order valence-corrected chi connectivity index (χ4v) is 3.71. The van der Waals surface area contributed by atoms with Crippen LogP contribution >= 0.6 is 11.6 Å². The van der Waals surface area contributed by atoms with E-state index < -0.39 is 0 Å². The molecule has 0 bridgehead atoms. The number of fused-ring (bicyclic) bond motifs is 3. The lowest BCUT2D eigenvalue weighted by Crippen LogP contribution is -2.10. The van der Waals surface area contributed by atoms with Crippen LogP contribution in [0.2, 0.25) is 5.02 Å². The Morgan fingerprint density at radius 2 is 1.65 bits per heavy atom. The Hall–Kier alpha value is -2.51. The molecule has 0 saturated heterocycles. The monoisotopic (exact) mass is 360 g/mol. The second kappa shape index (κ2) is 6.03. The van der Waals surface area contributed by atoms with Crippen LogP contribution in [0.3, 0.4) is 0 Å². The summed E-state index contributed by atoms with van der Waals surface area (Å²) in [6, 6.07) is 18.8. The van der Waals surface area contributed by atoms with E-state index in [1.54, 1.807) is 0 Å². The van der Waals surface area contributed by atoms with E-state index in [-0.39, 0.29) is 5.41 Å². The van der Waals surface area contributed by atoms with E-state index in [0.29, 0.717) is 0 Å². The molecule has 4 rings (SSSR count). The summed E-state index contributed by atoms with van der Waals surface area (Å²) < 4.78 is 6.00. The summed E-state index contributed by atoms with van der Waals surface area (Å²) in [5.41, 5.74) is 6.25. The summed E-state index contributed by atoms with van der Waals surface area (Å²) in [5.74, 6) is 0. The van der Waals surface area contributed by atoms with Crippen molar-refractivity contribution in [1.29, 1.82) is 0 Å². The van der Waals surface area contributed by atoms with Crippen LogP contribution in [0.15, 0.2) is 65.6 Å². The zero-order chi connectivity index (χ0) is 18.5. The first-order chi connectivity index (χ1) is 12.4. The van der Waals surface area contributed by atoms with Crippen LogP contribution in [0.25, 0.3) is 39.1 Å². The summed E-state index contributed by atoms with van der Waals surface area (Å²) in [5, 5.41) is 2.73. The maximum atomic E-state index is 6.82. The lowest BCUT2D eigenvalue weighted by Gasteiger charge is -2.19. The minimum absolute atomic E-state index is 0.135. The first-order valence-corrected chi connectivity index (χ1v) is 9.14. The van der Waals surface area contributed by atoms with E-state index in [4.69, 9.17) is 16.0 Å². The van der Waals surface area contributed by atoms with Crippen LogP contribution in [-0.4, -0.2) is 0 Å². The van der Waals surface area contributed by atoms with Crippen LogP contribution in [0.4, 0.5) is 0 Å². The van der Waals surface area contributed by atoms with Gasteiger partial charge in [-0.05, 0) is 46.4 Å². The number of halogens is 1. The highest BCUT2D eigenvalue weighted by atomic mass is 35.5. The Morgan fingerprint density at radius 3 is 2.31 bits per heavy atom. The zero-order valence-corrected chi connectivity index (χ0v) is 16.0.